The lowest BCUT2D eigenvalue weighted by molar-refractivity contribution is -0.117. The van der Waals surface area contributed by atoms with Crippen LogP contribution in [0, 0.1) is 0 Å². The Bertz CT molecular complexity index is 1730. The average Bonchev–Trinajstić information content (AvgIpc) is 3.50. The van der Waals surface area contributed by atoms with Crippen molar-refractivity contribution >= 4 is 45.9 Å². The molecular formula is C32H28ClNO7. The quantitative estimate of drug-likeness (QED) is 0.196. The number of rotatable bonds is 6. The van der Waals surface area contributed by atoms with E-state index >= 15 is 0 Å². The van der Waals surface area contributed by atoms with E-state index in [9.17, 15) is 19.5 Å². The van der Waals surface area contributed by atoms with Crippen LogP contribution in [0.1, 0.15) is 58.9 Å². The summed E-state index contributed by atoms with van der Waals surface area (Å²) in [6, 6.07) is 17.4. The Morgan fingerprint density at radius 3 is 2.34 bits per heavy atom. The monoisotopic (exact) mass is 573 g/mol. The minimum absolute atomic E-state index is 0.101. The Morgan fingerprint density at radius 2 is 1.71 bits per heavy atom. The number of furan rings is 1. The molecule has 0 radical (unpaired) electrons. The number of amides is 1. The Hall–Kier alpha value is -4.56. The molecule has 9 heteroatoms. The standard InChI is InChI=1S/C32H28ClNO7/c1-32(2,3)20-11-9-17(10-12-20)26-25(27(35)23-15-19-13-21(33)16-24(39-4)29(19)41-23)28(36)30(37)34(26)22-8-6-7-18(14-22)31(38)40-5/h6-16,26,36H,1-5H3. The number of aliphatic hydroxyl groups is 1. The minimum atomic E-state index is -1.02. The van der Waals surface area contributed by atoms with E-state index < -0.39 is 29.5 Å². The van der Waals surface area contributed by atoms with Gasteiger partial charge in [0.25, 0.3) is 5.91 Å². The predicted octanol–water partition coefficient (Wildman–Crippen LogP) is 6.96. The van der Waals surface area contributed by atoms with E-state index in [2.05, 4.69) is 20.8 Å². The third-order valence-electron chi connectivity index (χ3n) is 7.08. The lowest BCUT2D eigenvalue weighted by Gasteiger charge is -2.28. The van der Waals surface area contributed by atoms with Gasteiger partial charge in [-0.25, -0.2) is 4.79 Å². The van der Waals surface area contributed by atoms with Crippen molar-refractivity contribution in [2.45, 2.75) is 32.2 Å². The number of hydrogen-bond acceptors (Lipinski definition) is 7. The van der Waals surface area contributed by atoms with Gasteiger partial charge in [-0.05, 0) is 46.9 Å². The molecule has 1 aliphatic heterocycles. The first-order valence-electron chi connectivity index (χ1n) is 12.8. The molecule has 0 aliphatic carbocycles. The lowest BCUT2D eigenvalue weighted by atomic mass is 9.85. The van der Waals surface area contributed by atoms with Crippen LogP contribution in [0.3, 0.4) is 0 Å². The fourth-order valence-corrected chi connectivity index (χ4v) is 5.18. The summed E-state index contributed by atoms with van der Waals surface area (Å²) in [6.45, 7) is 6.23. The van der Waals surface area contributed by atoms with E-state index in [1.165, 1.54) is 31.3 Å². The Balaban J connectivity index is 1.67. The fourth-order valence-electron chi connectivity index (χ4n) is 4.97. The van der Waals surface area contributed by atoms with Crippen LogP contribution in [0.15, 0.2) is 82.5 Å². The first-order chi connectivity index (χ1) is 19.4. The van der Waals surface area contributed by atoms with Crippen LogP contribution in [0.2, 0.25) is 5.02 Å². The molecule has 1 amide bonds. The van der Waals surface area contributed by atoms with Gasteiger partial charge in [0.05, 0.1) is 31.4 Å². The number of aliphatic hydroxyl groups excluding tert-OH is 1. The first kappa shape index (κ1) is 28.0. The summed E-state index contributed by atoms with van der Waals surface area (Å²) < 4.78 is 16.1. The topological polar surface area (TPSA) is 106 Å². The number of benzene rings is 3. The molecule has 2 heterocycles. The first-order valence-corrected chi connectivity index (χ1v) is 13.2. The van der Waals surface area contributed by atoms with Crippen LogP contribution in [-0.2, 0) is 14.9 Å². The van der Waals surface area contributed by atoms with E-state index in [1.54, 1.807) is 30.3 Å². The van der Waals surface area contributed by atoms with Crippen LogP contribution < -0.4 is 9.64 Å². The highest BCUT2D eigenvalue weighted by molar-refractivity contribution is 6.31. The number of methoxy groups -OCH3 is 2. The van der Waals surface area contributed by atoms with Gasteiger partial charge in [-0.3, -0.25) is 14.5 Å². The molecule has 210 valence electrons. The van der Waals surface area contributed by atoms with Gasteiger partial charge in [0.15, 0.2) is 22.9 Å². The third kappa shape index (κ3) is 4.95. The van der Waals surface area contributed by atoms with E-state index in [1.807, 2.05) is 24.3 Å². The third-order valence-corrected chi connectivity index (χ3v) is 7.30. The second-order valence-corrected chi connectivity index (χ2v) is 11.2. The van der Waals surface area contributed by atoms with Crippen molar-refractivity contribution in [1.82, 2.24) is 0 Å². The number of hydrogen-bond donors (Lipinski definition) is 1. The lowest BCUT2D eigenvalue weighted by Crippen LogP contribution is -2.31. The van der Waals surface area contributed by atoms with Gasteiger partial charge >= 0.3 is 5.97 Å². The average molecular weight is 574 g/mol. The molecule has 1 aromatic heterocycles. The highest BCUT2D eigenvalue weighted by Gasteiger charge is 2.45. The summed E-state index contributed by atoms with van der Waals surface area (Å²) in [5.74, 6) is -2.54. The largest absolute Gasteiger partial charge is 0.503 e. The summed E-state index contributed by atoms with van der Waals surface area (Å²) in [4.78, 5) is 41.2. The molecule has 1 aliphatic rings. The molecule has 1 unspecified atom stereocenters. The molecule has 4 aromatic rings. The van der Waals surface area contributed by atoms with Crippen molar-refractivity contribution in [3.8, 4) is 5.75 Å². The van der Waals surface area contributed by atoms with Crippen molar-refractivity contribution in [2.75, 3.05) is 19.1 Å². The Morgan fingerprint density at radius 1 is 1.00 bits per heavy atom. The molecule has 3 aromatic carbocycles. The molecule has 0 spiro atoms. The number of esters is 1. The summed E-state index contributed by atoms with van der Waals surface area (Å²) in [5.41, 5.74) is 2.15. The Kier molecular flexibility index (Phi) is 7.13. The maximum Gasteiger partial charge on any atom is 0.337 e. The zero-order chi connectivity index (χ0) is 29.6. The second kappa shape index (κ2) is 10.4. The molecule has 5 rings (SSSR count). The highest BCUT2D eigenvalue weighted by atomic mass is 35.5. The number of carbonyl (C=O) groups is 3. The molecule has 0 saturated heterocycles. The van der Waals surface area contributed by atoms with Gasteiger partial charge in [0, 0.05) is 22.2 Å². The van der Waals surface area contributed by atoms with E-state index in [0.29, 0.717) is 33.0 Å². The maximum atomic E-state index is 14.0. The summed E-state index contributed by atoms with van der Waals surface area (Å²) in [7, 11) is 2.71. The van der Waals surface area contributed by atoms with Gasteiger partial charge < -0.3 is 19.0 Å². The van der Waals surface area contributed by atoms with Gasteiger partial charge in [0.2, 0.25) is 5.78 Å². The van der Waals surface area contributed by atoms with Crippen molar-refractivity contribution in [3.05, 3.63) is 106 Å². The summed E-state index contributed by atoms with van der Waals surface area (Å²) >= 11 is 6.20. The number of anilines is 1. The number of Topliss-reactive ketones (excluding diaryl/α,β-unsaturated/α-hetero) is 1. The zero-order valence-electron chi connectivity index (χ0n) is 23.2. The van der Waals surface area contributed by atoms with Gasteiger partial charge in [0.1, 0.15) is 0 Å². The molecule has 0 fully saturated rings. The fraction of sp³-hybridized carbons (Fsp3) is 0.219. The number of halogens is 1. The van der Waals surface area contributed by atoms with Gasteiger partial charge in [-0.1, -0.05) is 62.7 Å². The van der Waals surface area contributed by atoms with Crippen LogP contribution >= 0.6 is 11.6 Å². The molecule has 1 atom stereocenters. The van der Waals surface area contributed by atoms with E-state index in [0.717, 1.165) is 5.56 Å². The van der Waals surface area contributed by atoms with Crippen LogP contribution in [0.25, 0.3) is 11.0 Å². The van der Waals surface area contributed by atoms with Gasteiger partial charge in [-0.2, -0.15) is 0 Å². The SMILES string of the molecule is COC(=O)c1cccc(N2C(=O)C(O)=C(C(=O)c3cc4cc(Cl)cc(OC)c4o3)C2c2ccc(C(C)(C)C)cc2)c1. The predicted molar refractivity (Wildman–Crippen MR) is 155 cm³/mol. The number of ether oxygens (including phenoxy) is 2. The molecule has 41 heavy (non-hydrogen) atoms. The van der Waals surface area contributed by atoms with Crippen molar-refractivity contribution < 1.29 is 33.4 Å². The van der Waals surface area contributed by atoms with Crippen molar-refractivity contribution in [3.63, 3.8) is 0 Å². The van der Waals surface area contributed by atoms with Crippen LogP contribution in [-0.4, -0.2) is 37.0 Å². The highest BCUT2D eigenvalue weighted by Crippen LogP contribution is 2.43. The molecule has 0 saturated carbocycles. The molecule has 1 N–H and O–H groups in total. The normalized spacial score (nSPS) is 15.5. The summed E-state index contributed by atoms with van der Waals surface area (Å²) in [6.07, 6.45) is 0. The van der Waals surface area contributed by atoms with Crippen molar-refractivity contribution in [2.24, 2.45) is 0 Å². The number of fused-ring (bicyclic) bond motifs is 1. The smallest absolute Gasteiger partial charge is 0.337 e. The molecule has 8 nitrogen and oxygen atoms in total. The molecular weight excluding hydrogens is 546 g/mol. The van der Waals surface area contributed by atoms with E-state index in [4.69, 9.17) is 25.5 Å². The number of carbonyl (C=O) groups excluding carboxylic acids is 3. The van der Waals surface area contributed by atoms with Crippen LogP contribution in [0.5, 0.6) is 5.75 Å². The summed E-state index contributed by atoms with van der Waals surface area (Å²) in [5, 5.41) is 12.1. The van der Waals surface area contributed by atoms with Crippen molar-refractivity contribution in [1.29, 1.82) is 0 Å². The van der Waals surface area contributed by atoms with Crippen LogP contribution in [0.4, 0.5) is 5.69 Å². The minimum Gasteiger partial charge on any atom is -0.503 e. The van der Waals surface area contributed by atoms with Gasteiger partial charge in [-0.15, -0.1) is 0 Å². The van der Waals surface area contributed by atoms with E-state index in [-0.39, 0.29) is 22.3 Å². The zero-order valence-corrected chi connectivity index (χ0v) is 23.9. The maximum absolute atomic E-state index is 14.0. The second-order valence-electron chi connectivity index (χ2n) is 10.7. The molecule has 0 bridgehead atoms. The Labute approximate surface area is 241 Å². The number of ketones is 1. The number of nitrogens with zero attached hydrogens (tertiary/aromatic N) is 1.